The van der Waals surface area contributed by atoms with Crippen molar-refractivity contribution in [1.82, 2.24) is 5.32 Å². The number of rotatable bonds is 3. The standard InChI is InChI=1S/C14H21N3O2/c15-11-5-10(6-12(16)7-11)14(19)17-8-9-1-3-13(18)4-2-9/h5-7,9,13,18H,1-4,8,15-16H2,(H,17,19). The maximum Gasteiger partial charge on any atom is 0.251 e. The van der Waals surface area contributed by atoms with E-state index in [1.165, 1.54) is 0 Å². The van der Waals surface area contributed by atoms with Crippen molar-refractivity contribution in [1.29, 1.82) is 0 Å². The van der Waals surface area contributed by atoms with Crippen LogP contribution in [0.2, 0.25) is 0 Å². The molecule has 0 saturated heterocycles. The monoisotopic (exact) mass is 263 g/mol. The number of aliphatic hydroxyl groups is 1. The molecular formula is C14H21N3O2. The van der Waals surface area contributed by atoms with Crippen molar-refractivity contribution in [2.45, 2.75) is 31.8 Å². The first kappa shape index (κ1) is 13.7. The maximum absolute atomic E-state index is 12.0. The molecule has 0 bridgehead atoms. The summed E-state index contributed by atoms with van der Waals surface area (Å²) in [7, 11) is 0. The second-order valence-corrected chi connectivity index (χ2v) is 5.27. The molecule has 19 heavy (non-hydrogen) atoms. The van der Waals surface area contributed by atoms with E-state index in [1.54, 1.807) is 18.2 Å². The Kier molecular flexibility index (Phi) is 4.27. The fourth-order valence-corrected chi connectivity index (χ4v) is 2.50. The SMILES string of the molecule is Nc1cc(N)cc(C(=O)NCC2CCC(O)CC2)c1. The number of nitrogens with one attached hydrogen (secondary N) is 1. The van der Waals surface area contributed by atoms with Gasteiger partial charge in [0.15, 0.2) is 0 Å². The first-order valence-electron chi connectivity index (χ1n) is 6.67. The minimum Gasteiger partial charge on any atom is -0.399 e. The molecule has 1 saturated carbocycles. The molecule has 1 aromatic carbocycles. The summed E-state index contributed by atoms with van der Waals surface area (Å²) in [4.78, 5) is 12.0. The zero-order valence-electron chi connectivity index (χ0n) is 10.9. The van der Waals surface area contributed by atoms with Crippen molar-refractivity contribution < 1.29 is 9.90 Å². The number of hydrogen-bond acceptors (Lipinski definition) is 4. The van der Waals surface area contributed by atoms with Crippen molar-refractivity contribution in [2.75, 3.05) is 18.0 Å². The second kappa shape index (κ2) is 5.93. The van der Waals surface area contributed by atoms with Gasteiger partial charge in [-0.15, -0.1) is 0 Å². The van der Waals surface area contributed by atoms with E-state index >= 15 is 0 Å². The number of nitrogen functional groups attached to an aromatic ring is 2. The van der Waals surface area contributed by atoms with E-state index in [2.05, 4.69) is 5.32 Å². The fourth-order valence-electron chi connectivity index (χ4n) is 2.50. The van der Waals surface area contributed by atoms with E-state index in [0.717, 1.165) is 25.7 Å². The van der Waals surface area contributed by atoms with E-state index in [-0.39, 0.29) is 12.0 Å². The van der Waals surface area contributed by atoms with Crippen LogP contribution in [0, 0.1) is 5.92 Å². The third-order valence-electron chi connectivity index (χ3n) is 3.61. The van der Waals surface area contributed by atoms with Crippen LogP contribution in [0.3, 0.4) is 0 Å². The van der Waals surface area contributed by atoms with Gasteiger partial charge in [-0.05, 0) is 49.8 Å². The van der Waals surface area contributed by atoms with Crippen molar-refractivity contribution >= 4 is 17.3 Å². The fraction of sp³-hybridized carbons (Fsp3) is 0.500. The summed E-state index contributed by atoms with van der Waals surface area (Å²) >= 11 is 0. The molecule has 0 unspecified atom stereocenters. The molecule has 1 aliphatic rings. The summed E-state index contributed by atoms with van der Waals surface area (Å²) in [5.41, 5.74) is 12.8. The number of aliphatic hydroxyl groups excluding tert-OH is 1. The van der Waals surface area contributed by atoms with Gasteiger partial charge in [0.05, 0.1) is 6.10 Å². The molecule has 1 fully saturated rings. The number of anilines is 2. The van der Waals surface area contributed by atoms with E-state index in [4.69, 9.17) is 11.5 Å². The van der Waals surface area contributed by atoms with E-state index in [0.29, 0.717) is 29.4 Å². The Labute approximate surface area is 113 Å². The molecule has 0 aliphatic heterocycles. The molecule has 1 amide bonds. The quantitative estimate of drug-likeness (QED) is 0.614. The molecule has 0 spiro atoms. The minimum atomic E-state index is -0.166. The third-order valence-corrected chi connectivity index (χ3v) is 3.61. The molecule has 5 heteroatoms. The van der Waals surface area contributed by atoms with Crippen molar-refractivity contribution in [3.8, 4) is 0 Å². The first-order valence-corrected chi connectivity index (χ1v) is 6.67. The average Bonchev–Trinajstić information content (AvgIpc) is 2.36. The van der Waals surface area contributed by atoms with Crippen LogP contribution in [0.4, 0.5) is 11.4 Å². The van der Waals surface area contributed by atoms with Crippen LogP contribution in [-0.2, 0) is 0 Å². The molecule has 5 nitrogen and oxygen atoms in total. The number of nitrogens with two attached hydrogens (primary N) is 2. The van der Waals surface area contributed by atoms with Gasteiger partial charge in [0.2, 0.25) is 0 Å². The number of carbonyl (C=O) groups excluding carboxylic acids is 1. The van der Waals surface area contributed by atoms with Gasteiger partial charge in [-0.2, -0.15) is 0 Å². The highest BCUT2D eigenvalue weighted by Crippen LogP contribution is 2.23. The molecular weight excluding hydrogens is 242 g/mol. The molecule has 1 aromatic rings. The molecule has 1 aliphatic carbocycles. The Morgan fingerprint density at radius 3 is 2.32 bits per heavy atom. The van der Waals surface area contributed by atoms with Crippen molar-refractivity contribution in [3.63, 3.8) is 0 Å². The van der Waals surface area contributed by atoms with Gasteiger partial charge in [-0.25, -0.2) is 0 Å². The number of amides is 1. The highest BCUT2D eigenvalue weighted by atomic mass is 16.3. The van der Waals surface area contributed by atoms with Gasteiger partial charge in [-0.3, -0.25) is 4.79 Å². The van der Waals surface area contributed by atoms with Gasteiger partial charge in [0, 0.05) is 23.5 Å². The normalized spacial score (nSPS) is 23.0. The summed E-state index contributed by atoms with van der Waals surface area (Å²) < 4.78 is 0. The van der Waals surface area contributed by atoms with Gasteiger partial charge in [0.25, 0.3) is 5.91 Å². The molecule has 104 valence electrons. The molecule has 0 aromatic heterocycles. The van der Waals surface area contributed by atoms with Crippen molar-refractivity contribution in [2.24, 2.45) is 5.92 Å². The molecule has 0 heterocycles. The predicted octanol–water partition coefficient (Wildman–Crippen LogP) is 1.13. The Morgan fingerprint density at radius 2 is 1.74 bits per heavy atom. The zero-order chi connectivity index (χ0) is 13.8. The summed E-state index contributed by atoms with van der Waals surface area (Å²) in [5.74, 6) is 0.302. The zero-order valence-corrected chi connectivity index (χ0v) is 10.9. The lowest BCUT2D eigenvalue weighted by Crippen LogP contribution is -2.32. The second-order valence-electron chi connectivity index (χ2n) is 5.27. The lowest BCUT2D eigenvalue weighted by atomic mass is 9.87. The Morgan fingerprint density at radius 1 is 1.16 bits per heavy atom. The van der Waals surface area contributed by atoms with E-state index in [9.17, 15) is 9.90 Å². The summed E-state index contributed by atoms with van der Waals surface area (Å²) in [6, 6.07) is 4.87. The molecule has 2 rings (SSSR count). The number of carbonyl (C=O) groups is 1. The van der Waals surface area contributed by atoms with Crippen LogP contribution in [0.5, 0.6) is 0 Å². The Hall–Kier alpha value is -1.75. The smallest absolute Gasteiger partial charge is 0.251 e. The first-order chi connectivity index (χ1) is 9.04. The van der Waals surface area contributed by atoms with Crippen LogP contribution < -0.4 is 16.8 Å². The van der Waals surface area contributed by atoms with Crippen LogP contribution in [0.25, 0.3) is 0 Å². The average molecular weight is 263 g/mol. The summed E-state index contributed by atoms with van der Waals surface area (Å²) in [6.45, 7) is 0.639. The highest BCUT2D eigenvalue weighted by molar-refractivity contribution is 5.96. The third kappa shape index (κ3) is 3.86. The number of benzene rings is 1. The lowest BCUT2D eigenvalue weighted by Gasteiger charge is -2.25. The van der Waals surface area contributed by atoms with Gasteiger partial charge >= 0.3 is 0 Å². The van der Waals surface area contributed by atoms with Crippen molar-refractivity contribution in [3.05, 3.63) is 23.8 Å². The van der Waals surface area contributed by atoms with Crippen LogP contribution in [0.15, 0.2) is 18.2 Å². The lowest BCUT2D eigenvalue weighted by molar-refractivity contribution is 0.0910. The van der Waals surface area contributed by atoms with E-state index in [1.807, 2.05) is 0 Å². The predicted molar refractivity (Wildman–Crippen MR) is 75.6 cm³/mol. The van der Waals surface area contributed by atoms with Gasteiger partial charge < -0.3 is 21.9 Å². The Bertz CT molecular complexity index is 434. The summed E-state index contributed by atoms with van der Waals surface area (Å²) in [6.07, 6.45) is 3.40. The van der Waals surface area contributed by atoms with Crippen LogP contribution in [-0.4, -0.2) is 23.7 Å². The Balaban J connectivity index is 1.87. The maximum atomic E-state index is 12.0. The van der Waals surface area contributed by atoms with E-state index < -0.39 is 0 Å². The highest BCUT2D eigenvalue weighted by Gasteiger charge is 2.20. The van der Waals surface area contributed by atoms with Crippen LogP contribution in [0.1, 0.15) is 36.0 Å². The topological polar surface area (TPSA) is 101 Å². The molecule has 0 atom stereocenters. The van der Waals surface area contributed by atoms with Crippen LogP contribution >= 0.6 is 0 Å². The molecule has 6 N–H and O–H groups in total. The largest absolute Gasteiger partial charge is 0.399 e. The summed E-state index contributed by atoms with van der Waals surface area (Å²) in [5, 5.41) is 12.3. The van der Waals surface area contributed by atoms with Gasteiger partial charge in [-0.1, -0.05) is 0 Å². The number of hydrogen-bond donors (Lipinski definition) is 4. The van der Waals surface area contributed by atoms with Gasteiger partial charge in [0.1, 0.15) is 0 Å². The minimum absolute atomic E-state index is 0.148. The molecule has 0 radical (unpaired) electrons.